The minimum atomic E-state index is -1.01. The molecule has 0 aliphatic carbocycles. The van der Waals surface area contributed by atoms with Crippen molar-refractivity contribution in [2.24, 2.45) is 0 Å². The summed E-state index contributed by atoms with van der Waals surface area (Å²) in [6, 6.07) is -0.251. The first-order chi connectivity index (χ1) is 9.81. The van der Waals surface area contributed by atoms with E-state index in [9.17, 15) is 14.9 Å². The fraction of sp³-hybridized carbons (Fsp3) is 0.545. The lowest BCUT2D eigenvalue weighted by Gasteiger charge is -2.38. The Balaban J connectivity index is 2.38. The molecule has 0 radical (unpaired) electrons. The van der Waals surface area contributed by atoms with Gasteiger partial charge in [-0.15, -0.1) is 0 Å². The quantitative estimate of drug-likeness (QED) is 0.500. The summed E-state index contributed by atoms with van der Waals surface area (Å²) >= 11 is 5.80. The van der Waals surface area contributed by atoms with Crippen LogP contribution >= 0.6 is 11.6 Å². The molecule has 1 atom stereocenters. The van der Waals surface area contributed by atoms with Crippen molar-refractivity contribution in [3.8, 4) is 0 Å². The molecule has 0 aromatic carbocycles. The molecule has 1 aromatic rings. The molecule has 2 rings (SSSR count). The largest absolute Gasteiger partial charge is 0.465 e. The number of rotatable bonds is 2. The summed E-state index contributed by atoms with van der Waals surface area (Å²) in [6.45, 7) is 4.07. The van der Waals surface area contributed by atoms with Gasteiger partial charge in [-0.3, -0.25) is 10.1 Å². The van der Waals surface area contributed by atoms with Gasteiger partial charge in [0.25, 0.3) is 0 Å². The van der Waals surface area contributed by atoms with E-state index >= 15 is 0 Å². The summed E-state index contributed by atoms with van der Waals surface area (Å²) in [5.41, 5.74) is -0.0158. The number of aryl methyl sites for hydroxylation is 1. The summed E-state index contributed by atoms with van der Waals surface area (Å²) in [5, 5.41) is 20.2. The number of carbonyl (C=O) groups is 1. The van der Waals surface area contributed by atoms with E-state index in [4.69, 9.17) is 16.7 Å². The van der Waals surface area contributed by atoms with Crippen molar-refractivity contribution in [1.82, 2.24) is 14.9 Å². The average Bonchev–Trinajstić information content (AvgIpc) is 2.36. The Kier molecular flexibility index (Phi) is 4.12. The van der Waals surface area contributed by atoms with Gasteiger partial charge in [-0.05, 0) is 25.4 Å². The van der Waals surface area contributed by atoms with Gasteiger partial charge in [-0.25, -0.2) is 9.78 Å². The molecule has 21 heavy (non-hydrogen) atoms. The highest BCUT2D eigenvalue weighted by Gasteiger charge is 2.33. The molecule has 114 valence electrons. The molecule has 1 saturated heterocycles. The van der Waals surface area contributed by atoms with Crippen molar-refractivity contribution in [3.63, 3.8) is 0 Å². The van der Waals surface area contributed by atoms with Crippen molar-refractivity contribution >= 4 is 29.2 Å². The minimum absolute atomic E-state index is 0.0686. The number of anilines is 1. The predicted molar refractivity (Wildman–Crippen MR) is 74.8 cm³/mol. The first-order valence-corrected chi connectivity index (χ1v) is 6.62. The molecule has 10 heteroatoms. The van der Waals surface area contributed by atoms with Crippen LogP contribution in [0.1, 0.15) is 12.6 Å². The maximum atomic E-state index is 11.2. The molecule has 1 unspecified atom stereocenters. The summed E-state index contributed by atoms with van der Waals surface area (Å²) in [4.78, 5) is 32.4. The highest BCUT2D eigenvalue weighted by molar-refractivity contribution is 6.28. The molecule has 0 saturated carbocycles. The van der Waals surface area contributed by atoms with Crippen LogP contribution in [0, 0.1) is 17.0 Å². The van der Waals surface area contributed by atoms with E-state index in [-0.39, 0.29) is 41.6 Å². The molecule has 2 heterocycles. The molecular formula is C11H14ClN5O4. The fourth-order valence-electron chi connectivity index (χ4n) is 2.38. The summed E-state index contributed by atoms with van der Waals surface area (Å²) in [7, 11) is 0. The van der Waals surface area contributed by atoms with Crippen molar-refractivity contribution in [3.05, 3.63) is 21.1 Å². The predicted octanol–water partition coefficient (Wildman–Crippen LogP) is 1.54. The molecule has 1 fully saturated rings. The third-order valence-corrected chi connectivity index (χ3v) is 3.53. The van der Waals surface area contributed by atoms with Crippen molar-refractivity contribution in [2.75, 3.05) is 24.5 Å². The second-order valence-corrected chi connectivity index (χ2v) is 5.12. The van der Waals surface area contributed by atoms with Crippen LogP contribution in [0.3, 0.4) is 0 Å². The van der Waals surface area contributed by atoms with Gasteiger partial charge in [0.05, 0.1) is 4.92 Å². The molecule has 1 amide bonds. The van der Waals surface area contributed by atoms with Crippen LogP contribution in [0.25, 0.3) is 0 Å². The van der Waals surface area contributed by atoms with E-state index in [1.807, 2.05) is 0 Å². The van der Waals surface area contributed by atoms with Crippen molar-refractivity contribution < 1.29 is 14.8 Å². The number of hydrogen-bond donors (Lipinski definition) is 1. The topological polar surface area (TPSA) is 113 Å². The van der Waals surface area contributed by atoms with Crippen LogP contribution in [-0.4, -0.2) is 56.7 Å². The van der Waals surface area contributed by atoms with Gasteiger partial charge in [-0.1, -0.05) is 0 Å². The number of nitrogens with zero attached hydrogens (tertiary/aromatic N) is 5. The highest BCUT2D eigenvalue weighted by Crippen LogP contribution is 2.32. The van der Waals surface area contributed by atoms with Gasteiger partial charge < -0.3 is 14.9 Å². The van der Waals surface area contributed by atoms with E-state index in [1.165, 1.54) is 11.8 Å². The standard InChI is InChI=1S/C11H14ClN5O4/c1-6-5-15(11(18)19)3-4-16(6)9-8(17(20)21)7(2)13-10(12)14-9/h6H,3-5H2,1-2H3,(H,18,19). The first-order valence-electron chi connectivity index (χ1n) is 6.24. The van der Waals surface area contributed by atoms with Crippen molar-refractivity contribution in [2.45, 2.75) is 19.9 Å². The number of aromatic nitrogens is 2. The molecule has 1 aliphatic rings. The summed E-state index contributed by atoms with van der Waals surface area (Å²) < 4.78 is 0. The molecule has 1 aromatic heterocycles. The first kappa shape index (κ1) is 15.2. The van der Waals surface area contributed by atoms with E-state index in [2.05, 4.69) is 9.97 Å². The second-order valence-electron chi connectivity index (χ2n) is 4.78. The molecule has 1 N–H and O–H groups in total. The van der Waals surface area contributed by atoms with Crippen LogP contribution < -0.4 is 4.90 Å². The Hall–Kier alpha value is -2.16. The highest BCUT2D eigenvalue weighted by atomic mass is 35.5. The molecule has 1 aliphatic heterocycles. The van der Waals surface area contributed by atoms with Crippen molar-refractivity contribution in [1.29, 1.82) is 0 Å². The maximum absolute atomic E-state index is 11.2. The minimum Gasteiger partial charge on any atom is -0.465 e. The number of hydrogen-bond acceptors (Lipinski definition) is 6. The second kappa shape index (κ2) is 5.68. The monoisotopic (exact) mass is 315 g/mol. The SMILES string of the molecule is Cc1nc(Cl)nc(N2CCN(C(=O)O)CC2C)c1[N+](=O)[O-]. The van der Waals surface area contributed by atoms with Crippen LogP contribution in [0.2, 0.25) is 5.28 Å². The smallest absolute Gasteiger partial charge is 0.407 e. The third kappa shape index (κ3) is 2.97. The summed E-state index contributed by atoms with van der Waals surface area (Å²) in [6.07, 6.45) is -1.01. The molecule has 9 nitrogen and oxygen atoms in total. The number of piperazine rings is 1. The van der Waals surface area contributed by atoms with E-state index in [1.54, 1.807) is 11.8 Å². The van der Waals surface area contributed by atoms with Crippen LogP contribution in [-0.2, 0) is 0 Å². The van der Waals surface area contributed by atoms with Gasteiger partial charge in [0.15, 0.2) is 0 Å². The zero-order valence-electron chi connectivity index (χ0n) is 11.5. The Bertz CT molecular complexity index is 596. The van der Waals surface area contributed by atoms with E-state index < -0.39 is 11.0 Å². The number of halogens is 1. The maximum Gasteiger partial charge on any atom is 0.407 e. The molecular weight excluding hydrogens is 302 g/mol. The Morgan fingerprint density at radius 1 is 1.48 bits per heavy atom. The fourth-order valence-corrected chi connectivity index (χ4v) is 2.59. The lowest BCUT2D eigenvalue weighted by molar-refractivity contribution is -0.385. The third-order valence-electron chi connectivity index (χ3n) is 3.37. The van der Waals surface area contributed by atoms with Crippen LogP contribution in [0.5, 0.6) is 0 Å². The molecule has 0 bridgehead atoms. The Morgan fingerprint density at radius 2 is 2.14 bits per heavy atom. The molecule has 0 spiro atoms. The van der Waals surface area contributed by atoms with E-state index in [0.29, 0.717) is 6.54 Å². The van der Waals surface area contributed by atoms with Crippen LogP contribution in [0.4, 0.5) is 16.3 Å². The van der Waals surface area contributed by atoms with E-state index in [0.717, 1.165) is 0 Å². The Morgan fingerprint density at radius 3 is 2.67 bits per heavy atom. The van der Waals surface area contributed by atoms with Gasteiger partial charge in [0.1, 0.15) is 5.69 Å². The normalized spacial score (nSPS) is 18.7. The number of amides is 1. The zero-order chi connectivity index (χ0) is 15.7. The number of carboxylic acid groups (broad SMARTS) is 1. The zero-order valence-corrected chi connectivity index (χ0v) is 12.2. The van der Waals surface area contributed by atoms with Gasteiger partial charge >= 0.3 is 11.8 Å². The Labute approximate surface area is 125 Å². The number of nitro groups is 1. The average molecular weight is 316 g/mol. The van der Waals surface area contributed by atoms with Gasteiger partial charge in [0.2, 0.25) is 11.1 Å². The van der Waals surface area contributed by atoms with Gasteiger partial charge in [-0.2, -0.15) is 4.98 Å². The lowest BCUT2D eigenvalue weighted by Crippen LogP contribution is -2.53. The van der Waals surface area contributed by atoms with Gasteiger partial charge in [0, 0.05) is 25.7 Å². The lowest BCUT2D eigenvalue weighted by atomic mass is 10.2. The van der Waals surface area contributed by atoms with Crippen LogP contribution in [0.15, 0.2) is 0 Å². The summed E-state index contributed by atoms with van der Waals surface area (Å²) in [5.74, 6) is 0.134.